The Balaban J connectivity index is 1.90. The monoisotopic (exact) mass is 374 g/mol. The van der Waals surface area contributed by atoms with Crippen LogP contribution >= 0.6 is 0 Å². The molecule has 3 aromatic rings. The molecule has 0 radical (unpaired) electrons. The highest BCUT2D eigenvalue weighted by molar-refractivity contribution is 6.02. The van der Waals surface area contributed by atoms with Gasteiger partial charge in [0.2, 0.25) is 0 Å². The molecule has 4 nitrogen and oxygen atoms in total. The maximum atomic E-state index is 13.1. The second-order valence-electron chi connectivity index (χ2n) is 8.56. The van der Waals surface area contributed by atoms with Crippen LogP contribution in [0.4, 0.5) is 0 Å². The molecule has 0 spiro atoms. The van der Waals surface area contributed by atoms with Gasteiger partial charge in [0.05, 0.1) is 12.3 Å². The number of rotatable bonds is 4. The number of carbonyl (C=O) groups is 1. The Morgan fingerprint density at radius 1 is 1.11 bits per heavy atom. The zero-order valence-corrected chi connectivity index (χ0v) is 16.7. The van der Waals surface area contributed by atoms with Crippen LogP contribution < -0.4 is 0 Å². The van der Waals surface area contributed by atoms with Crippen LogP contribution in [0.3, 0.4) is 0 Å². The predicted molar refractivity (Wildman–Crippen MR) is 110 cm³/mol. The minimum Gasteiger partial charge on any atom is -0.392 e. The molecule has 0 bridgehead atoms. The molecule has 0 amide bonds. The predicted octanol–water partition coefficient (Wildman–Crippen LogP) is 4.62. The molecule has 1 aliphatic carbocycles. The van der Waals surface area contributed by atoms with E-state index in [1.54, 1.807) is 12.4 Å². The molecular formula is C24H26N2O2. The molecular weight excluding hydrogens is 348 g/mol. The molecule has 4 rings (SSSR count). The topological polar surface area (TPSA) is 66.0 Å². The van der Waals surface area contributed by atoms with E-state index in [0.717, 1.165) is 51.2 Å². The van der Waals surface area contributed by atoms with Gasteiger partial charge in [0.25, 0.3) is 0 Å². The van der Waals surface area contributed by atoms with E-state index >= 15 is 0 Å². The summed E-state index contributed by atoms with van der Waals surface area (Å²) in [7, 11) is 0. The summed E-state index contributed by atoms with van der Waals surface area (Å²) in [6.07, 6.45) is 5.58. The number of aliphatic hydroxyl groups is 1. The van der Waals surface area contributed by atoms with E-state index in [0.29, 0.717) is 12.8 Å². The number of benzene rings is 1. The van der Waals surface area contributed by atoms with E-state index in [1.165, 1.54) is 0 Å². The minimum atomic E-state index is -0.0404. The van der Waals surface area contributed by atoms with Crippen molar-refractivity contribution < 1.29 is 9.90 Å². The number of Topliss-reactive ketones (excluding diaryl/α,β-unsaturated/α-hetero) is 1. The number of hydrogen-bond donors (Lipinski definition) is 2. The zero-order chi connectivity index (χ0) is 19.9. The van der Waals surface area contributed by atoms with Crippen molar-refractivity contribution in [2.75, 3.05) is 0 Å². The number of aryl methyl sites for hydroxylation is 1. The van der Waals surface area contributed by atoms with Crippen molar-refractivity contribution in [3.8, 4) is 11.3 Å². The van der Waals surface area contributed by atoms with Crippen molar-refractivity contribution in [3.63, 3.8) is 0 Å². The standard InChI is InChI=1S/C24H26N2O2/c1-15-5-4-6-17(19(15)14-27)11-18-22-20(12-24(2,3)13-21(22)28)26-23(18)16-7-9-25-10-8-16/h4-10,26-27H,11-14H2,1-3H3. The van der Waals surface area contributed by atoms with Crippen molar-refractivity contribution >= 4 is 5.78 Å². The van der Waals surface area contributed by atoms with Gasteiger partial charge in [-0.05, 0) is 53.1 Å². The Morgan fingerprint density at radius 3 is 2.57 bits per heavy atom. The average Bonchev–Trinajstić information content (AvgIpc) is 3.00. The number of hydrogen-bond acceptors (Lipinski definition) is 3. The van der Waals surface area contributed by atoms with E-state index < -0.39 is 0 Å². The number of fused-ring (bicyclic) bond motifs is 1. The van der Waals surface area contributed by atoms with Gasteiger partial charge in [-0.15, -0.1) is 0 Å². The van der Waals surface area contributed by atoms with Gasteiger partial charge in [-0.3, -0.25) is 9.78 Å². The molecule has 1 aromatic carbocycles. The lowest BCUT2D eigenvalue weighted by molar-refractivity contribution is 0.0911. The van der Waals surface area contributed by atoms with Crippen molar-refractivity contribution in [2.24, 2.45) is 5.41 Å². The smallest absolute Gasteiger partial charge is 0.165 e. The largest absolute Gasteiger partial charge is 0.392 e. The lowest BCUT2D eigenvalue weighted by Crippen LogP contribution is -2.27. The van der Waals surface area contributed by atoms with Crippen molar-refractivity contribution in [1.29, 1.82) is 0 Å². The number of aliphatic hydroxyl groups excluding tert-OH is 1. The highest BCUT2D eigenvalue weighted by Gasteiger charge is 2.35. The van der Waals surface area contributed by atoms with E-state index in [4.69, 9.17) is 0 Å². The molecule has 28 heavy (non-hydrogen) atoms. The third kappa shape index (κ3) is 3.29. The molecule has 1 aliphatic rings. The van der Waals surface area contributed by atoms with Crippen LogP contribution in [0, 0.1) is 12.3 Å². The summed E-state index contributed by atoms with van der Waals surface area (Å²) >= 11 is 0. The molecule has 2 aromatic heterocycles. The van der Waals surface area contributed by atoms with E-state index in [1.807, 2.05) is 37.3 Å². The van der Waals surface area contributed by atoms with Gasteiger partial charge in [0, 0.05) is 42.1 Å². The van der Waals surface area contributed by atoms with Crippen LogP contribution in [0.2, 0.25) is 0 Å². The Bertz CT molecular complexity index is 1030. The van der Waals surface area contributed by atoms with Crippen LogP contribution in [0.5, 0.6) is 0 Å². The number of H-pyrrole nitrogens is 1. The van der Waals surface area contributed by atoms with Gasteiger partial charge in [-0.2, -0.15) is 0 Å². The van der Waals surface area contributed by atoms with Gasteiger partial charge in [-0.25, -0.2) is 0 Å². The molecule has 0 fully saturated rings. The first-order chi connectivity index (χ1) is 13.4. The van der Waals surface area contributed by atoms with Gasteiger partial charge in [0.1, 0.15) is 0 Å². The van der Waals surface area contributed by atoms with Crippen LogP contribution in [0.1, 0.15) is 58.6 Å². The second kappa shape index (κ2) is 7.02. The summed E-state index contributed by atoms with van der Waals surface area (Å²) in [6.45, 7) is 6.30. The molecule has 4 heteroatoms. The average molecular weight is 374 g/mol. The van der Waals surface area contributed by atoms with E-state index in [2.05, 4.69) is 23.8 Å². The summed E-state index contributed by atoms with van der Waals surface area (Å²) < 4.78 is 0. The van der Waals surface area contributed by atoms with Crippen LogP contribution in [-0.4, -0.2) is 20.9 Å². The second-order valence-corrected chi connectivity index (χ2v) is 8.56. The van der Waals surface area contributed by atoms with Gasteiger partial charge in [0.15, 0.2) is 5.78 Å². The van der Waals surface area contributed by atoms with Crippen LogP contribution in [-0.2, 0) is 19.4 Å². The molecule has 2 heterocycles. The molecule has 0 saturated heterocycles. The van der Waals surface area contributed by atoms with E-state index in [-0.39, 0.29) is 17.8 Å². The number of nitrogens with one attached hydrogen (secondary N) is 1. The number of aromatic amines is 1. The van der Waals surface area contributed by atoms with Crippen LogP contribution in [0.15, 0.2) is 42.7 Å². The molecule has 2 N–H and O–H groups in total. The summed E-state index contributed by atoms with van der Waals surface area (Å²) in [5.74, 6) is 0.205. The molecule has 0 atom stereocenters. The SMILES string of the molecule is Cc1cccc(Cc2c(-c3ccncc3)[nH]c3c2C(=O)CC(C)(C)C3)c1CO. The highest BCUT2D eigenvalue weighted by Crippen LogP contribution is 2.40. The third-order valence-electron chi connectivity index (χ3n) is 5.76. The van der Waals surface area contributed by atoms with Crippen LogP contribution in [0.25, 0.3) is 11.3 Å². The van der Waals surface area contributed by atoms with Gasteiger partial charge in [-0.1, -0.05) is 32.0 Å². The summed E-state index contributed by atoms with van der Waals surface area (Å²) in [6, 6.07) is 10.0. The Labute approximate surface area is 165 Å². The number of nitrogens with zero attached hydrogens (tertiary/aromatic N) is 1. The Kier molecular flexibility index (Phi) is 4.68. The summed E-state index contributed by atoms with van der Waals surface area (Å²) in [5.41, 5.74) is 7.97. The number of ketones is 1. The fraction of sp³-hybridized carbons (Fsp3) is 0.333. The summed E-state index contributed by atoms with van der Waals surface area (Å²) in [4.78, 5) is 20.8. The Hall–Kier alpha value is -2.72. The first-order valence-electron chi connectivity index (χ1n) is 9.75. The molecule has 0 saturated carbocycles. The minimum absolute atomic E-state index is 0.000186. The third-order valence-corrected chi connectivity index (χ3v) is 5.76. The quantitative estimate of drug-likeness (QED) is 0.700. The number of carbonyl (C=O) groups excluding carboxylic acids is 1. The normalized spacial score (nSPS) is 15.5. The number of aromatic nitrogens is 2. The van der Waals surface area contributed by atoms with E-state index in [9.17, 15) is 9.90 Å². The lowest BCUT2D eigenvalue weighted by atomic mass is 9.75. The Morgan fingerprint density at radius 2 is 1.86 bits per heavy atom. The maximum absolute atomic E-state index is 13.1. The number of pyridine rings is 1. The maximum Gasteiger partial charge on any atom is 0.165 e. The van der Waals surface area contributed by atoms with Crippen molar-refractivity contribution in [3.05, 3.63) is 76.2 Å². The van der Waals surface area contributed by atoms with Crippen molar-refractivity contribution in [2.45, 2.75) is 46.6 Å². The fourth-order valence-electron chi connectivity index (χ4n) is 4.42. The fourth-order valence-corrected chi connectivity index (χ4v) is 4.42. The van der Waals surface area contributed by atoms with Gasteiger partial charge >= 0.3 is 0 Å². The first kappa shape index (κ1) is 18.6. The zero-order valence-electron chi connectivity index (χ0n) is 16.7. The lowest BCUT2D eigenvalue weighted by Gasteiger charge is -2.28. The van der Waals surface area contributed by atoms with Crippen molar-refractivity contribution in [1.82, 2.24) is 9.97 Å². The molecule has 0 unspecified atom stereocenters. The highest BCUT2D eigenvalue weighted by atomic mass is 16.3. The van der Waals surface area contributed by atoms with Gasteiger partial charge < -0.3 is 10.1 Å². The summed E-state index contributed by atoms with van der Waals surface area (Å²) in [5, 5.41) is 9.89. The first-order valence-corrected chi connectivity index (χ1v) is 9.75. The molecule has 0 aliphatic heterocycles. The molecule has 144 valence electrons.